The van der Waals surface area contributed by atoms with E-state index in [-0.39, 0.29) is 11.4 Å². The van der Waals surface area contributed by atoms with Gasteiger partial charge < -0.3 is 10.6 Å². The van der Waals surface area contributed by atoms with Gasteiger partial charge in [-0.3, -0.25) is 23.5 Å². The molecule has 0 bridgehead atoms. The maximum atomic E-state index is 12.9. The van der Waals surface area contributed by atoms with Crippen LogP contribution in [0.4, 0.5) is 11.5 Å². The van der Waals surface area contributed by atoms with Crippen LogP contribution in [0.2, 0.25) is 0 Å². The van der Waals surface area contributed by atoms with E-state index in [4.69, 9.17) is 0 Å². The number of benzene rings is 1. The summed E-state index contributed by atoms with van der Waals surface area (Å²) in [5.41, 5.74) is -0.560. The fraction of sp³-hybridized carbons (Fsp3) is 0.294. The van der Waals surface area contributed by atoms with Crippen molar-refractivity contribution in [2.45, 2.75) is 29.5 Å². The van der Waals surface area contributed by atoms with Crippen LogP contribution in [0.5, 0.6) is 0 Å². The van der Waals surface area contributed by atoms with Gasteiger partial charge in [-0.25, -0.2) is 4.79 Å². The number of carbonyl (C=O) groups is 2. The van der Waals surface area contributed by atoms with Crippen LogP contribution in [0, 0.1) is 0 Å². The molecule has 8 nitrogen and oxygen atoms in total. The third-order valence-electron chi connectivity index (χ3n) is 4.61. The molecule has 26 heavy (non-hydrogen) atoms. The molecule has 2 aromatic rings. The lowest BCUT2D eigenvalue weighted by Crippen LogP contribution is -2.49. The van der Waals surface area contributed by atoms with E-state index < -0.39 is 27.8 Å². The van der Waals surface area contributed by atoms with Gasteiger partial charge in [0, 0.05) is 18.5 Å². The highest BCUT2D eigenvalue weighted by atomic mass is 32.2. The highest BCUT2D eigenvalue weighted by Crippen LogP contribution is 2.52. The molecular weight excluding hydrogens is 356 g/mol. The number of amides is 2. The molecule has 2 amide bonds. The normalized spacial score (nSPS) is 20.5. The lowest BCUT2D eigenvalue weighted by atomic mass is 10.0. The van der Waals surface area contributed by atoms with Gasteiger partial charge in [0.2, 0.25) is 4.75 Å². The van der Waals surface area contributed by atoms with E-state index in [1.165, 1.54) is 11.6 Å². The SMILES string of the molecule is CCCn1c2c(c(=O)n(C)c1=O)[C@]1(Sc3ccccc3NC1=O)C(=O)N2. The molecule has 2 N–H and O–H groups in total. The standard InChI is InChI=1S/C17H16N4O4S/c1-3-8-21-12-11(13(22)20(2)16(21)25)17(15(24)19-12)14(23)18-9-6-4-5-7-10(9)26-17/h4-7H,3,8H2,1-2H3,(H,18,23)(H,19,24)/t17-/m1/s1. The average Bonchev–Trinajstić information content (AvgIpc) is 2.91. The van der Waals surface area contributed by atoms with Crippen molar-refractivity contribution >= 4 is 35.1 Å². The number of nitrogens with zero attached hydrogens (tertiary/aromatic N) is 2. The van der Waals surface area contributed by atoms with Crippen molar-refractivity contribution < 1.29 is 9.59 Å². The Hall–Kier alpha value is -2.81. The minimum atomic E-state index is -1.75. The van der Waals surface area contributed by atoms with Crippen LogP contribution in [0.25, 0.3) is 0 Å². The van der Waals surface area contributed by atoms with Crippen LogP contribution in [-0.4, -0.2) is 20.9 Å². The van der Waals surface area contributed by atoms with Crippen LogP contribution in [0.15, 0.2) is 38.8 Å². The van der Waals surface area contributed by atoms with E-state index >= 15 is 0 Å². The van der Waals surface area contributed by atoms with Crippen molar-refractivity contribution in [2.75, 3.05) is 10.6 Å². The van der Waals surface area contributed by atoms with Gasteiger partial charge in [-0.2, -0.15) is 0 Å². The van der Waals surface area contributed by atoms with E-state index in [1.807, 2.05) is 6.92 Å². The summed E-state index contributed by atoms with van der Waals surface area (Å²) in [7, 11) is 1.35. The molecule has 1 aromatic heterocycles. The van der Waals surface area contributed by atoms with Crippen molar-refractivity contribution in [1.29, 1.82) is 0 Å². The number of hydrogen-bond donors (Lipinski definition) is 2. The number of hydrogen-bond acceptors (Lipinski definition) is 5. The second-order valence-corrected chi connectivity index (χ2v) is 7.47. The van der Waals surface area contributed by atoms with Gasteiger partial charge in [0.15, 0.2) is 0 Å². The van der Waals surface area contributed by atoms with Crippen molar-refractivity contribution in [3.05, 3.63) is 50.7 Å². The second-order valence-electron chi connectivity index (χ2n) is 6.21. The summed E-state index contributed by atoms with van der Waals surface area (Å²) in [6.45, 7) is 2.21. The van der Waals surface area contributed by atoms with Crippen LogP contribution >= 0.6 is 11.8 Å². The molecule has 0 fully saturated rings. The Morgan fingerprint density at radius 2 is 1.77 bits per heavy atom. The first-order chi connectivity index (χ1) is 12.4. The molecule has 1 aromatic carbocycles. The van der Waals surface area contributed by atoms with Crippen molar-refractivity contribution in [3.63, 3.8) is 0 Å². The van der Waals surface area contributed by atoms with Crippen molar-refractivity contribution in [2.24, 2.45) is 7.05 Å². The van der Waals surface area contributed by atoms with E-state index in [2.05, 4.69) is 10.6 Å². The number of thioether (sulfide) groups is 1. The summed E-state index contributed by atoms with van der Waals surface area (Å²) in [6, 6.07) is 7.08. The summed E-state index contributed by atoms with van der Waals surface area (Å²) in [6.07, 6.45) is 0.635. The lowest BCUT2D eigenvalue weighted by Gasteiger charge is -2.30. The van der Waals surface area contributed by atoms with E-state index in [1.54, 1.807) is 24.3 Å². The number of anilines is 2. The third-order valence-corrected chi connectivity index (χ3v) is 6.07. The number of para-hydroxylation sites is 1. The minimum absolute atomic E-state index is 0.00931. The van der Waals surface area contributed by atoms with Crippen LogP contribution in [0.1, 0.15) is 18.9 Å². The maximum absolute atomic E-state index is 12.9. The molecule has 0 aliphatic carbocycles. The first-order valence-corrected chi connectivity index (χ1v) is 8.98. The molecule has 2 aliphatic heterocycles. The Bertz CT molecular complexity index is 1090. The molecule has 2 aliphatic rings. The zero-order chi connectivity index (χ0) is 18.6. The third kappa shape index (κ3) is 1.97. The zero-order valence-corrected chi connectivity index (χ0v) is 15.0. The monoisotopic (exact) mass is 372 g/mol. The largest absolute Gasteiger partial charge is 0.332 e. The van der Waals surface area contributed by atoms with Crippen molar-refractivity contribution in [1.82, 2.24) is 9.13 Å². The number of carbonyl (C=O) groups excluding carboxylic acids is 2. The first-order valence-electron chi connectivity index (χ1n) is 8.17. The fourth-order valence-corrected chi connectivity index (χ4v) is 4.63. The van der Waals surface area contributed by atoms with Gasteiger partial charge in [0.25, 0.3) is 17.4 Å². The topological polar surface area (TPSA) is 102 Å². The zero-order valence-electron chi connectivity index (χ0n) is 14.2. The fourth-order valence-electron chi connectivity index (χ4n) is 3.35. The molecule has 3 heterocycles. The minimum Gasteiger partial charge on any atom is -0.323 e. The summed E-state index contributed by atoms with van der Waals surface area (Å²) in [4.78, 5) is 51.9. The van der Waals surface area contributed by atoms with Gasteiger partial charge in [-0.1, -0.05) is 30.8 Å². The highest BCUT2D eigenvalue weighted by molar-refractivity contribution is 8.02. The van der Waals surface area contributed by atoms with Crippen LogP contribution in [0.3, 0.4) is 0 Å². The van der Waals surface area contributed by atoms with Gasteiger partial charge in [-0.05, 0) is 18.6 Å². The molecule has 0 unspecified atom stereocenters. The number of aromatic nitrogens is 2. The van der Waals surface area contributed by atoms with Crippen LogP contribution < -0.4 is 21.9 Å². The van der Waals surface area contributed by atoms with Crippen molar-refractivity contribution in [3.8, 4) is 0 Å². The molecule has 4 rings (SSSR count). The average molecular weight is 372 g/mol. The molecular formula is C17H16N4O4S. The summed E-state index contributed by atoms with van der Waals surface area (Å²) < 4.78 is 0.546. The number of nitrogens with one attached hydrogen (secondary N) is 2. The first kappa shape index (κ1) is 16.6. The Balaban J connectivity index is 2.04. The van der Waals surface area contributed by atoms with E-state index in [0.29, 0.717) is 23.5 Å². The molecule has 0 saturated heterocycles. The molecule has 0 radical (unpaired) electrons. The van der Waals surface area contributed by atoms with Gasteiger partial charge in [-0.15, -0.1) is 0 Å². The number of fused-ring (bicyclic) bond motifs is 3. The van der Waals surface area contributed by atoms with Gasteiger partial charge in [0.1, 0.15) is 5.82 Å². The second kappa shape index (κ2) is 5.60. The van der Waals surface area contributed by atoms with Crippen LogP contribution in [-0.2, 0) is 27.9 Å². The number of rotatable bonds is 2. The highest BCUT2D eigenvalue weighted by Gasteiger charge is 2.59. The summed E-state index contributed by atoms with van der Waals surface area (Å²) in [5, 5.41) is 5.33. The van der Waals surface area contributed by atoms with Gasteiger partial charge >= 0.3 is 5.69 Å². The van der Waals surface area contributed by atoms with Gasteiger partial charge in [0.05, 0.1) is 11.3 Å². The summed E-state index contributed by atoms with van der Waals surface area (Å²) >= 11 is 1.03. The Kier molecular flexibility index (Phi) is 3.58. The predicted molar refractivity (Wildman–Crippen MR) is 97.5 cm³/mol. The molecule has 9 heteroatoms. The molecule has 0 saturated carbocycles. The quantitative estimate of drug-likeness (QED) is 0.761. The van der Waals surface area contributed by atoms with E-state index in [0.717, 1.165) is 16.3 Å². The Morgan fingerprint density at radius 3 is 2.50 bits per heavy atom. The molecule has 1 spiro atoms. The summed E-state index contributed by atoms with van der Waals surface area (Å²) in [5.74, 6) is -1.08. The van der Waals surface area contributed by atoms with E-state index in [9.17, 15) is 19.2 Å². The predicted octanol–water partition coefficient (Wildman–Crippen LogP) is 0.849. The Morgan fingerprint density at radius 1 is 1.08 bits per heavy atom. The maximum Gasteiger partial charge on any atom is 0.332 e. The smallest absolute Gasteiger partial charge is 0.323 e. The molecule has 1 atom stereocenters. The lowest BCUT2D eigenvalue weighted by molar-refractivity contribution is -0.127. The Labute approximate surface area is 152 Å². The molecule has 134 valence electrons.